The first-order valence-corrected chi connectivity index (χ1v) is 5.09. The molecule has 2 aliphatic rings. The van der Waals surface area contributed by atoms with Gasteiger partial charge < -0.3 is 9.47 Å². The first kappa shape index (κ1) is 11.9. The predicted octanol–water partition coefficient (Wildman–Crippen LogP) is 2.62. The van der Waals surface area contributed by atoms with E-state index in [4.69, 9.17) is 9.47 Å². The molecule has 0 aromatic carbocycles. The van der Waals surface area contributed by atoms with Gasteiger partial charge in [-0.25, -0.2) is 0 Å². The van der Waals surface area contributed by atoms with Crippen molar-refractivity contribution in [3.8, 4) is 0 Å². The lowest BCUT2D eigenvalue weighted by molar-refractivity contribution is 0.0367. The van der Waals surface area contributed by atoms with Crippen molar-refractivity contribution in [3.63, 3.8) is 0 Å². The fraction of sp³-hybridized carbons (Fsp3) is 1.00. The molecule has 0 aromatic heterocycles. The second-order valence-corrected chi connectivity index (χ2v) is 2.79. The normalized spacial score (nSPS) is 25.8. The van der Waals surface area contributed by atoms with Crippen LogP contribution in [0.25, 0.3) is 0 Å². The van der Waals surface area contributed by atoms with Gasteiger partial charge in [0.2, 0.25) is 0 Å². The van der Waals surface area contributed by atoms with Crippen molar-refractivity contribution in [2.24, 2.45) is 0 Å². The Hall–Kier alpha value is -0.0800. The van der Waals surface area contributed by atoms with Crippen molar-refractivity contribution in [2.75, 3.05) is 19.8 Å². The number of hydrogen-bond acceptors (Lipinski definition) is 2. The highest BCUT2D eigenvalue weighted by Crippen LogP contribution is 2.09. The monoisotopic (exact) mass is 174 g/mol. The van der Waals surface area contributed by atoms with Gasteiger partial charge in [0.05, 0.1) is 6.10 Å². The van der Waals surface area contributed by atoms with E-state index in [1.165, 1.54) is 19.3 Å². The maximum Gasteiger partial charge on any atom is 0.0547 e. The maximum absolute atomic E-state index is 5.15. The van der Waals surface area contributed by atoms with Gasteiger partial charge >= 0.3 is 0 Å². The Balaban J connectivity index is 0.000000176. The van der Waals surface area contributed by atoms with Gasteiger partial charge in [0.1, 0.15) is 0 Å². The van der Waals surface area contributed by atoms with Crippen molar-refractivity contribution in [1.29, 1.82) is 0 Å². The van der Waals surface area contributed by atoms with Crippen LogP contribution in [-0.4, -0.2) is 25.9 Å². The Morgan fingerprint density at radius 3 is 1.58 bits per heavy atom. The van der Waals surface area contributed by atoms with Gasteiger partial charge in [-0.05, 0) is 26.2 Å². The molecule has 2 saturated heterocycles. The lowest BCUT2D eigenvalue weighted by Gasteiger charge is -2.09. The van der Waals surface area contributed by atoms with Crippen LogP contribution in [0.1, 0.15) is 40.0 Å². The minimum Gasteiger partial charge on any atom is -0.381 e. The van der Waals surface area contributed by atoms with E-state index in [9.17, 15) is 0 Å². The van der Waals surface area contributed by atoms with Crippen molar-refractivity contribution < 1.29 is 9.47 Å². The van der Waals surface area contributed by atoms with Crippen LogP contribution in [0.15, 0.2) is 0 Å². The average Bonchev–Trinajstić information content (AvgIpc) is 2.40. The molecule has 0 aliphatic carbocycles. The Bertz CT molecular complexity index is 69.9. The fourth-order valence-corrected chi connectivity index (χ4v) is 0.883. The van der Waals surface area contributed by atoms with E-state index in [0.717, 1.165) is 19.8 Å². The minimum atomic E-state index is 0.546. The summed E-state index contributed by atoms with van der Waals surface area (Å²) in [6.45, 7) is 9.11. The Labute approximate surface area is 76.3 Å². The Morgan fingerprint density at radius 2 is 1.50 bits per heavy atom. The summed E-state index contributed by atoms with van der Waals surface area (Å²) in [5.74, 6) is 0. The van der Waals surface area contributed by atoms with Crippen LogP contribution in [-0.2, 0) is 9.47 Å². The van der Waals surface area contributed by atoms with Crippen LogP contribution in [0.5, 0.6) is 0 Å². The molecule has 0 bridgehead atoms. The summed E-state index contributed by atoms with van der Waals surface area (Å²) in [6.07, 6.45) is 4.35. The van der Waals surface area contributed by atoms with Crippen LogP contribution in [0, 0.1) is 0 Å². The molecule has 2 aliphatic heterocycles. The highest BCUT2D eigenvalue weighted by molar-refractivity contribution is 4.56. The van der Waals surface area contributed by atoms with Crippen LogP contribution in [0.4, 0.5) is 0 Å². The molecule has 2 rings (SSSR count). The van der Waals surface area contributed by atoms with Crippen molar-refractivity contribution >= 4 is 0 Å². The topological polar surface area (TPSA) is 18.5 Å². The number of ether oxygens (including phenoxy) is 2. The van der Waals surface area contributed by atoms with E-state index in [1.807, 2.05) is 13.8 Å². The molecule has 1 atom stereocenters. The second kappa shape index (κ2) is 9.01. The largest absolute Gasteiger partial charge is 0.381 e. The van der Waals surface area contributed by atoms with Crippen molar-refractivity contribution in [1.82, 2.24) is 0 Å². The summed E-state index contributed by atoms with van der Waals surface area (Å²) in [7, 11) is 0. The van der Waals surface area contributed by atoms with Gasteiger partial charge in [0, 0.05) is 19.8 Å². The highest BCUT2D eigenvalue weighted by Gasteiger charge is 2.07. The molecular formula is C10H22O2. The summed E-state index contributed by atoms with van der Waals surface area (Å²) in [6, 6.07) is 0. The van der Waals surface area contributed by atoms with Gasteiger partial charge in [0.15, 0.2) is 0 Å². The smallest absolute Gasteiger partial charge is 0.0547 e. The van der Waals surface area contributed by atoms with Gasteiger partial charge in [-0.2, -0.15) is 0 Å². The third-order valence-electron chi connectivity index (χ3n) is 1.73. The van der Waals surface area contributed by atoms with E-state index in [2.05, 4.69) is 6.92 Å². The Kier molecular flexibility index (Phi) is 8.95. The third-order valence-corrected chi connectivity index (χ3v) is 1.73. The molecule has 2 nitrogen and oxygen atoms in total. The lowest BCUT2D eigenvalue weighted by Crippen LogP contribution is -2.09. The SMILES string of the molecule is C1COC1.CC.CC1CCCO1. The molecule has 0 N–H and O–H groups in total. The van der Waals surface area contributed by atoms with Crippen LogP contribution in [0.2, 0.25) is 0 Å². The van der Waals surface area contributed by atoms with E-state index < -0.39 is 0 Å². The molecule has 74 valence electrons. The zero-order valence-corrected chi connectivity index (χ0v) is 8.64. The molecule has 12 heavy (non-hydrogen) atoms. The van der Waals surface area contributed by atoms with Crippen molar-refractivity contribution in [2.45, 2.75) is 46.1 Å². The predicted molar refractivity (Wildman–Crippen MR) is 51.4 cm³/mol. The fourth-order valence-electron chi connectivity index (χ4n) is 0.883. The zero-order valence-electron chi connectivity index (χ0n) is 8.64. The summed E-state index contributed by atoms with van der Waals surface area (Å²) in [5.41, 5.74) is 0. The summed E-state index contributed by atoms with van der Waals surface area (Å²) < 4.78 is 9.88. The molecule has 0 amide bonds. The molecule has 0 saturated carbocycles. The minimum absolute atomic E-state index is 0.546. The van der Waals surface area contributed by atoms with Gasteiger partial charge in [-0.1, -0.05) is 13.8 Å². The average molecular weight is 174 g/mol. The first-order chi connectivity index (χ1) is 5.89. The van der Waals surface area contributed by atoms with E-state index in [1.54, 1.807) is 0 Å². The van der Waals surface area contributed by atoms with Gasteiger partial charge in [-0.15, -0.1) is 0 Å². The third kappa shape index (κ3) is 6.62. The number of rotatable bonds is 0. The van der Waals surface area contributed by atoms with Crippen LogP contribution in [0.3, 0.4) is 0 Å². The van der Waals surface area contributed by atoms with Gasteiger partial charge in [-0.3, -0.25) is 0 Å². The molecule has 2 fully saturated rings. The number of hydrogen-bond donors (Lipinski definition) is 0. The first-order valence-electron chi connectivity index (χ1n) is 5.09. The summed E-state index contributed by atoms with van der Waals surface area (Å²) >= 11 is 0. The Morgan fingerprint density at radius 1 is 1.00 bits per heavy atom. The maximum atomic E-state index is 5.15. The molecular weight excluding hydrogens is 152 g/mol. The van der Waals surface area contributed by atoms with E-state index >= 15 is 0 Å². The summed E-state index contributed by atoms with van der Waals surface area (Å²) in [5, 5.41) is 0. The van der Waals surface area contributed by atoms with Gasteiger partial charge in [0.25, 0.3) is 0 Å². The molecule has 2 heterocycles. The molecule has 0 spiro atoms. The summed E-state index contributed by atoms with van der Waals surface area (Å²) in [4.78, 5) is 0. The zero-order chi connectivity index (χ0) is 9.23. The van der Waals surface area contributed by atoms with Crippen LogP contribution >= 0.6 is 0 Å². The standard InChI is InChI=1S/C5H10O.C3H6O.C2H6/c1-5-3-2-4-6-5;1-2-4-3-1;1-2/h5H,2-4H2,1H3;1-3H2;1-2H3. The molecule has 1 unspecified atom stereocenters. The quantitative estimate of drug-likeness (QED) is 0.562. The van der Waals surface area contributed by atoms with Crippen molar-refractivity contribution in [3.05, 3.63) is 0 Å². The highest BCUT2D eigenvalue weighted by atomic mass is 16.5. The van der Waals surface area contributed by atoms with Crippen LogP contribution < -0.4 is 0 Å². The van der Waals surface area contributed by atoms with E-state index in [0.29, 0.717) is 6.10 Å². The molecule has 0 radical (unpaired) electrons. The molecule has 2 heteroatoms. The molecule has 0 aromatic rings. The second-order valence-electron chi connectivity index (χ2n) is 2.79. The lowest BCUT2D eigenvalue weighted by atomic mass is 10.3. The van der Waals surface area contributed by atoms with E-state index in [-0.39, 0.29) is 0 Å².